The van der Waals surface area contributed by atoms with E-state index < -0.39 is 0 Å². The Morgan fingerprint density at radius 2 is 1.80 bits per heavy atom. The molecule has 5 heteroatoms. The number of carbonyl (C=O) groups excluding carboxylic acids is 1. The van der Waals surface area contributed by atoms with Gasteiger partial charge >= 0.3 is 0 Å². The summed E-state index contributed by atoms with van der Waals surface area (Å²) in [5.74, 6) is 0.422. The Bertz CT molecular complexity index is 800. The van der Waals surface area contributed by atoms with Crippen molar-refractivity contribution in [1.29, 1.82) is 0 Å². The molecule has 3 rings (SSSR count). The van der Waals surface area contributed by atoms with Crippen molar-refractivity contribution in [3.05, 3.63) is 84.2 Å². The zero-order valence-electron chi connectivity index (χ0n) is 14.1. The number of carbonyl (C=O) groups is 1. The van der Waals surface area contributed by atoms with Gasteiger partial charge in [0.15, 0.2) is 12.4 Å². The van der Waals surface area contributed by atoms with Crippen LogP contribution in [0.25, 0.3) is 0 Å². The molecule has 0 aliphatic carbocycles. The van der Waals surface area contributed by atoms with E-state index in [1.807, 2.05) is 67.6 Å². The van der Waals surface area contributed by atoms with Gasteiger partial charge in [-0.05, 0) is 18.1 Å². The van der Waals surface area contributed by atoms with E-state index in [0.29, 0.717) is 12.3 Å². The predicted octanol–water partition coefficient (Wildman–Crippen LogP) is 3.19. The maximum absolute atomic E-state index is 12.0. The van der Waals surface area contributed by atoms with Crippen molar-refractivity contribution in [3.63, 3.8) is 0 Å². The molecule has 0 aliphatic heterocycles. The highest BCUT2D eigenvalue weighted by Crippen LogP contribution is 2.12. The van der Waals surface area contributed by atoms with Crippen molar-refractivity contribution in [2.24, 2.45) is 0 Å². The second kappa shape index (κ2) is 8.15. The van der Waals surface area contributed by atoms with Gasteiger partial charge in [0.25, 0.3) is 5.91 Å². The van der Waals surface area contributed by atoms with Gasteiger partial charge < -0.3 is 10.1 Å². The smallest absolute Gasteiger partial charge is 0.258 e. The molecular weight excluding hydrogens is 314 g/mol. The van der Waals surface area contributed by atoms with Crippen LogP contribution in [-0.2, 0) is 11.3 Å². The fraction of sp³-hybridized carbons (Fsp3) is 0.200. The third kappa shape index (κ3) is 4.94. The summed E-state index contributed by atoms with van der Waals surface area (Å²) < 4.78 is 7.31. The molecule has 5 nitrogen and oxygen atoms in total. The average Bonchev–Trinajstić information content (AvgIpc) is 3.09. The van der Waals surface area contributed by atoms with Crippen molar-refractivity contribution in [3.8, 4) is 5.75 Å². The molecule has 0 bridgehead atoms. The van der Waals surface area contributed by atoms with Crippen molar-refractivity contribution < 1.29 is 9.53 Å². The number of ether oxygens (including phenoxy) is 1. The molecule has 0 radical (unpaired) electrons. The lowest BCUT2D eigenvalue weighted by atomic mass is 10.1. The molecule has 0 spiro atoms. The molecule has 1 atom stereocenters. The van der Waals surface area contributed by atoms with E-state index >= 15 is 0 Å². The largest absolute Gasteiger partial charge is 0.480 e. The van der Waals surface area contributed by atoms with Gasteiger partial charge in [-0.3, -0.25) is 9.48 Å². The van der Waals surface area contributed by atoms with Gasteiger partial charge in [0.1, 0.15) is 0 Å². The molecule has 0 saturated carbocycles. The summed E-state index contributed by atoms with van der Waals surface area (Å²) in [6, 6.07) is 19.8. The second-order valence-corrected chi connectivity index (χ2v) is 5.85. The van der Waals surface area contributed by atoms with Crippen molar-refractivity contribution in [2.75, 3.05) is 6.61 Å². The lowest BCUT2D eigenvalue weighted by Crippen LogP contribution is -2.31. The fourth-order valence-corrected chi connectivity index (χ4v) is 2.53. The first kappa shape index (κ1) is 16.8. The summed E-state index contributed by atoms with van der Waals surface area (Å²) >= 11 is 0. The van der Waals surface area contributed by atoms with E-state index in [9.17, 15) is 4.79 Å². The van der Waals surface area contributed by atoms with Crippen LogP contribution in [0, 0.1) is 0 Å². The summed E-state index contributed by atoms with van der Waals surface area (Å²) in [7, 11) is 0. The minimum Gasteiger partial charge on any atom is -0.480 e. The first-order valence-corrected chi connectivity index (χ1v) is 8.24. The molecule has 0 aliphatic rings. The lowest BCUT2D eigenvalue weighted by Gasteiger charge is -2.14. The molecule has 1 amide bonds. The lowest BCUT2D eigenvalue weighted by molar-refractivity contribution is -0.123. The molecular formula is C20H21N3O2. The minimum atomic E-state index is -0.160. The third-order valence-electron chi connectivity index (χ3n) is 3.84. The highest BCUT2D eigenvalue weighted by atomic mass is 16.5. The number of hydrogen-bond donors (Lipinski definition) is 1. The van der Waals surface area contributed by atoms with Crippen molar-refractivity contribution in [2.45, 2.75) is 19.5 Å². The van der Waals surface area contributed by atoms with E-state index in [0.717, 1.165) is 11.1 Å². The molecule has 0 fully saturated rings. The van der Waals surface area contributed by atoms with Gasteiger partial charge in [-0.2, -0.15) is 5.10 Å². The van der Waals surface area contributed by atoms with E-state index in [4.69, 9.17) is 4.74 Å². The Balaban J connectivity index is 1.48. The molecule has 25 heavy (non-hydrogen) atoms. The van der Waals surface area contributed by atoms with Crippen LogP contribution in [0.3, 0.4) is 0 Å². The van der Waals surface area contributed by atoms with E-state index in [2.05, 4.69) is 10.4 Å². The van der Waals surface area contributed by atoms with Crippen LogP contribution in [0.2, 0.25) is 0 Å². The Labute approximate surface area is 147 Å². The van der Waals surface area contributed by atoms with Gasteiger partial charge in [0, 0.05) is 0 Å². The van der Waals surface area contributed by atoms with Crippen LogP contribution < -0.4 is 10.1 Å². The van der Waals surface area contributed by atoms with E-state index in [1.54, 1.807) is 17.1 Å². The molecule has 0 unspecified atom stereocenters. The molecule has 1 heterocycles. The standard InChI is InChI=1S/C20H21N3O2/c1-16(18-10-6-3-7-11-18)22-20(24)15-25-19-12-21-23(14-19)13-17-8-4-2-5-9-17/h2-12,14,16H,13,15H2,1H3,(H,22,24)/t16-/m1/s1. The Morgan fingerprint density at radius 3 is 2.52 bits per heavy atom. The number of rotatable bonds is 7. The first-order chi connectivity index (χ1) is 12.2. The second-order valence-electron chi connectivity index (χ2n) is 5.85. The monoisotopic (exact) mass is 335 g/mol. The molecule has 1 N–H and O–H groups in total. The van der Waals surface area contributed by atoms with Crippen molar-refractivity contribution >= 4 is 5.91 Å². The van der Waals surface area contributed by atoms with Crippen LogP contribution in [-0.4, -0.2) is 22.3 Å². The Morgan fingerprint density at radius 1 is 1.12 bits per heavy atom. The molecule has 3 aromatic rings. The van der Waals surface area contributed by atoms with Crippen LogP contribution in [0.5, 0.6) is 5.75 Å². The third-order valence-corrected chi connectivity index (χ3v) is 3.84. The molecule has 1 aromatic heterocycles. The molecule has 128 valence electrons. The zero-order valence-corrected chi connectivity index (χ0v) is 14.1. The van der Waals surface area contributed by atoms with Gasteiger partial charge in [-0.15, -0.1) is 0 Å². The van der Waals surface area contributed by atoms with Crippen LogP contribution in [0.1, 0.15) is 24.1 Å². The first-order valence-electron chi connectivity index (χ1n) is 8.24. The van der Waals surface area contributed by atoms with E-state index in [-0.39, 0.29) is 18.6 Å². The van der Waals surface area contributed by atoms with Gasteiger partial charge in [-0.1, -0.05) is 60.7 Å². The summed E-state index contributed by atoms with van der Waals surface area (Å²) in [6.07, 6.45) is 3.41. The van der Waals surface area contributed by atoms with Crippen molar-refractivity contribution in [1.82, 2.24) is 15.1 Å². The maximum atomic E-state index is 12.0. The highest BCUT2D eigenvalue weighted by Gasteiger charge is 2.10. The number of aromatic nitrogens is 2. The maximum Gasteiger partial charge on any atom is 0.258 e. The number of amides is 1. The Kier molecular flexibility index (Phi) is 5.46. The van der Waals surface area contributed by atoms with E-state index in [1.165, 1.54) is 0 Å². The Hall–Kier alpha value is -3.08. The van der Waals surface area contributed by atoms with Gasteiger partial charge in [0.05, 0.1) is 25.0 Å². The fourth-order valence-electron chi connectivity index (χ4n) is 2.53. The number of nitrogens with one attached hydrogen (secondary N) is 1. The van der Waals surface area contributed by atoms with Gasteiger partial charge in [-0.25, -0.2) is 0 Å². The number of nitrogens with zero attached hydrogens (tertiary/aromatic N) is 2. The van der Waals surface area contributed by atoms with Crippen LogP contribution in [0.4, 0.5) is 0 Å². The summed E-state index contributed by atoms with van der Waals surface area (Å²) in [6.45, 7) is 2.58. The quantitative estimate of drug-likeness (QED) is 0.721. The average molecular weight is 335 g/mol. The summed E-state index contributed by atoms with van der Waals surface area (Å²) in [5, 5.41) is 7.18. The zero-order chi connectivity index (χ0) is 17.5. The molecule has 2 aromatic carbocycles. The summed E-state index contributed by atoms with van der Waals surface area (Å²) in [5.41, 5.74) is 2.22. The normalized spacial score (nSPS) is 11.7. The number of hydrogen-bond acceptors (Lipinski definition) is 3. The topological polar surface area (TPSA) is 56.1 Å². The van der Waals surface area contributed by atoms with Crippen LogP contribution in [0.15, 0.2) is 73.1 Å². The predicted molar refractivity (Wildman–Crippen MR) is 96.3 cm³/mol. The number of benzene rings is 2. The van der Waals surface area contributed by atoms with Gasteiger partial charge in [0.2, 0.25) is 0 Å². The molecule has 0 saturated heterocycles. The SMILES string of the molecule is C[C@@H](NC(=O)COc1cnn(Cc2ccccc2)c1)c1ccccc1. The minimum absolute atomic E-state index is 0.0335. The van der Waals surface area contributed by atoms with Crippen LogP contribution >= 0.6 is 0 Å². The highest BCUT2D eigenvalue weighted by molar-refractivity contribution is 5.78. The summed E-state index contributed by atoms with van der Waals surface area (Å²) in [4.78, 5) is 12.0.